The monoisotopic (exact) mass is 424 g/mol. The molecule has 0 unspecified atom stereocenters. The van der Waals surface area contributed by atoms with E-state index in [4.69, 9.17) is 11.6 Å². The third kappa shape index (κ3) is 3.89. The summed E-state index contributed by atoms with van der Waals surface area (Å²) in [6.07, 6.45) is 3.91. The minimum atomic E-state index is -0.423. The Morgan fingerprint density at radius 3 is 2.37 bits per heavy atom. The van der Waals surface area contributed by atoms with Crippen molar-refractivity contribution >= 4 is 28.9 Å². The Morgan fingerprint density at radius 1 is 1.00 bits per heavy atom. The van der Waals surface area contributed by atoms with Gasteiger partial charge in [0.15, 0.2) is 0 Å². The summed E-state index contributed by atoms with van der Waals surface area (Å²) in [5, 5.41) is 11.7. The fraction of sp³-hybridized carbons (Fsp3) is 0.227. The molecule has 1 aliphatic heterocycles. The van der Waals surface area contributed by atoms with Gasteiger partial charge in [0.05, 0.1) is 4.92 Å². The van der Waals surface area contributed by atoms with Crippen molar-refractivity contribution in [3.8, 4) is 5.69 Å². The number of nitro groups is 1. The van der Waals surface area contributed by atoms with Gasteiger partial charge < -0.3 is 14.4 Å². The zero-order valence-corrected chi connectivity index (χ0v) is 17.2. The summed E-state index contributed by atoms with van der Waals surface area (Å²) >= 11 is 5.92. The van der Waals surface area contributed by atoms with Crippen LogP contribution in [-0.2, 0) is 0 Å². The lowest BCUT2D eigenvalue weighted by Crippen LogP contribution is -2.49. The van der Waals surface area contributed by atoms with Gasteiger partial charge in [-0.05, 0) is 48.9 Å². The number of anilines is 1. The smallest absolute Gasteiger partial charge is 0.294 e. The largest absolute Gasteiger partial charge is 0.362 e. The summed E-state index contributed by atoms with van der Waals surface area (Å²) < 4.78 is 1.99. The number of aromatic nitrogens is 1. The number of carbonyl (C=O) groups excluding carboxylic acids is 1. The van der Waals surface area contributed by atoms with E-state index in [2.05, 4.69) is 0 Å². The molecular weight excluding hydrogens is 404 g/mol. The third-order valence-corrected chi connectivity index (χ3v) is 5.62. The average Bonchev–Trinajstić information content (AvgIpc) is 3.28. The van der Waals surface area contributed by atoms with E-state index < -0.39 is 4.92 Å². The summed E-state index contributed by atoms with van der Waals surface area (Å²) in [5.41, 5.74) is 3.21. The first kappa shape index (κ1) is 20.0. The van der Waals surface area contributed by atoms with Crippen LogP contribution < -0.4 is 4.90 Å². The topological polar surface area (TPSA) is 71.6 Å². The van der Waals surface area contributed by atoms with Crippen LogP contribution in [-0.4, -0.2) is 46.5 Å². The van der Waals surface area contributed by atoms with Crippen LogP contribution in [0.3, 0.4) is 0 Å². The van der Waals surface area contributed by atoms with Crippen molar-refractivity contribution in [3.05, 3.63) is 87.2 Å². The van der Waals surface area contributed by atoms with E-state index in [0.29, 0.717) is 42.5 Å². The Labute approximate surface area is 179 Å². The zero-order valence-electron chi connectivity index (χ0n) is 16.5. The number of amides is 1. The first-order chi connectivity index (χ1) is 14.4. The predicted octanol–water partition coefficient (Wildman–Crippen LogP) is 4.31. The van der Waals surface area contributed by atoms with Crippen molar-refractivity contribution in [1.82, 2.24) is 9.47 Å². The molecule has 4 rings (SSSR count). The quantitative estimate of drug-likeness (QED) is 0.462. The van der Waals surface area contributed by atoms with Crippen LogP contribution in [0.25, 0.3) is 5.69 Å². The minimum Gasteiger partial charge on any atom is -0.362 e. The molecule has 0 radical (unpaired) electrons. The Morgan fingerprint density at radius 2 is 1.70 bits per heavy atom. The standard InChI is InChI=1S/C22H21ClN4O3/c1-16-4-5-17(14-20(16)24-8-2-3-9-24)22(28)26-12-10-25(11-13-26)19-7-6-18(23)15-21(19)27(29)30/h2-9,14-15H,10-13H2,1H3. The number of halogens is 1. The van der Waals surface area contributed by atoms with Gasteiger partial charge in [-0.1, -0.05) is 17.7 Å². The van der Waals surface area contributed by atoms with E-state index in [-0.39, 0.29) is 11.6 Å². The molecule has 0 atom stereocenters. The summed E-state index contributed by atoms with van der Waals surface area (Å²) in [5.74, 6) is -0.0336. The third-order valence-electron chi connectivity index (χ3n) is 5.38. The molecule has 0 bridgehead atoms. The average molecular weight is 425 g/mol. The number of hydrogen-bond acceptors (Lipinski definition) is 4. The maximum absolute atomic E-state index is 13.1. The molecule has 8 heteroatoms. The van der Waals surface area contributed by atoms with Crippen molar-refractivity contribution in [1.29, 1.82) is 0 Å². The maximum atomic E-state index is 13.1. The highest BCUT2D eigenvalue weighted by atomic mass is 35.5. The lowest BCUT2D eigenvalue weighted by molar-refractivity contribution is -0.384. The molecule has 0 saturated carbocycles. The van der Waals surface area contributed by atoms with Gasteiger partial charge in [-0.3, -0.25) is 14.9 Å². The number of nitro benzene ring substituents is 1. The molecule has 154 valence electrons. The van der Waals surface area contributed by atoms with Gasteiger partial charge in [-0.15, -0.1) is 0 Å². The van der Waals surface area contributed by atoms with E-state index in [1.165, 1.54) is 6.07 Å². The van der Waals surface area contributed by atoms with Crippen molar-refractivity contribution in [3.63, 3.8) is 0 Å². The van der Waals surface area contributed by atoms with Crippen LogP contribution in [0.15, 0.2) is 60.9 Å². The summed E-state index contributed by atoms with van der Waals surface area (Å²) in [4.78, 5) is 27.8. The Balaban J connectivity index is 1.49. The molecule has 3 aromatic rings. The normalized spacial score (nSPS) is 14.1. The van der Waals surface area contributed by atoms with Crippen LogP contribution in [0.2, 0.25) is 5.02 Å². The fourth-order valence-electron chi connectivity index (χ4n) is 3.76. The van der Waals surface area contributed by atoms with Gasteiger partial charge in [-0.2, -0.15) is 0 Å². The molecule has 0 aliphatic carbocycles. The van der Waals surface area contributed by atoms with E-state index in [0.717, 1.165) is 11.3 Å². The summed E-state index contributed by atoms with van der Waals surface area (Å²) in [6, 6.07) is 14.3. The van der Waals surface area contributed by atoms with Gasteiger partial charge in [0, 0.05) is 60.9 Å². The Hall–Kier alpha value is -3.32. The number of hydrogen-bond donors (Lipinski definition) is 0. The molecule has 2 aromatic carbocycles. The van der Waals surface area contributed by atoms with E-state index >= 15 is 0 Å². The molecule has 1 fully saturated rings. The van der Waals surface area contributed by atoms with E-state index in [1.807, 2.05) is 59.1 Å². The molecule has 1 aliphatic rings. The van der Waals surface area contributed by atoms with E-state index in [9.17, 15) is 14.9 Å². The van der Waals surface area contributed by atoms with Gasteiger partial charge in [0.1, 0.15) is 5.69 Å². The molecular formula is C22H21ClN4O3. The van der Waals surface area contributed by atoms with Crippen molar-refractivity contribution < 1.29 is 9.72 Å². The van der Waals surface area contributed by atoms with Gasteiger partial charge in [-0.25, -0.2) is 0 Å². The number of piperazine rings is 1. The highest BCUT2D eigenvalue weighted by Gasteiger charge is 2.26. The fourth-order valence-corrected chi connectivity index (χ4v) is 3.93. The predicted molar refractivity (Wildman–Crippen MR) is 117 cm³/mol. The first-order valence-electron chi connectivity index (χ1n) is 9.66. The zero-order chi connectivity index (χ0) is 21.3. The number of benzene rings is 2. The molecule has 7 nitrogen and oxygen atoms in total. The van der Waals surface area contributed by atoms with Crippen molar-refractivity contribution in [2.45, 2.75) is 6.92 Å². The molecule has 0 spiro atoms. The second kappa shape index (κ2) is 8.20. The van der Waals surface area contributed by atoms with Crippen LogP contribution in [0.1, 0.15) is 15.9 Å². The first-order valence-corrected chi connectivity index (χ1v) is 10.0. The minimum absolute atomic E-state index is 0.0165. The molecule has 1 aromatic heterocycles. The van der Waals surface area contributed by atoms with Crippen LogP contribution >= 0.6 is 11.6 Å². The summed E-state index contributed by atoms with van der Waals surface area (Å²) in [6.45, 7) is 4.03. The highest BCUT2D eigenvalue weighted by Crippen LogP contribution is 2.31. The number of aryl methyl sites for hydroxylation is 1. The van der Waals surface area contributed by atoms with Crippen LogP contribution in [0.4, 0.5) is 11.4 Å². The van der Waals surface area contributed by atoms with Crippen molar-refractivity contribution in [2.75, 3.05) is 31.1 Å². The van der Waals surface area contributed by atoms with Gasteiger partial charge in [0.2, 0.25) is 0 Å². The molecule has 30 heavy (non-hydrogen) atoms. The Bertz CT molecular complexity index is 1090. The van der Waals surface area contributed by atoms with Crippen molar-refractivity contribution in [2.24, 2.45) is 0 Å². The maximum Gasteiger partial charge on any atom is 0.294 e. The molecule has 2 heterocycles. The summed E-state index contributed by atoms with van der Waals surface area (Å²) in [7, 11) is 0. The van der Waals surface area contributed by atoms with Crippen LogP contribution in [0.5, 0.6) is 0 Å². The SMILES string of the molecule is Cc1ccc(C(=O)N2CCN(c3ccc(Cl)cc3[N+](=O)[O-])CC2)cc1-n1cccc1. The number of nitrogens with zero attached hydrogens (tertiary/aromatic N) is 4. The lowest BCUT2D eigenvalue weighted by Gasteiger charge is -2.36. The number of carbonyl (C=O) groups is 1. The molecule has 1 saturated heterocycles. The second-order valence-electron chi connectivity index (χ2n) is 7.26. The van der Waals surface area contributed by atoms with Crippen LogP contribution in [0, 0.1) is 17.0 Å². The van der Waals surface area contributed by atoms with Gasteiger partial charge in [0.25, 0.3) is 11.6 Å². The highest BCUT2D eigenvalue weighted by molar-refractivity contribution is 6.30. The lowest BCUT2D eigenvalue weighted by atomic mass is 10.1. The Kier molecular flexibility index (Phi) is 5.46. The second-order valence-corrected chi connectivity index (χ2v) is 7.70. The number of rotatable bonds is 4. The molecule has 1 amide bonds. The van der Waals surface area contributed by atoms with E-state index in [1.54, 1.807) is 17.0 Å². The molecule has 0 N–H and O–H groups in total. The van der Waals surface area contributed by atoms with Gasteiger partial charge >= 0.3 is 0 Å².